The van der Waals surface area contributed by atoms with Crippen LogP contribution in [0.15, 0.2) is 48.2 Å². The van der Waals surface area contributed by atoms with E-state index in [1.807, 2.05) is 38.1 Å². The molecule has 0 aliphatic rings. The highest BCUT2D eigenvalue weighted by Gasteiger charge is 2.02. The van der Waals surface area contributed by atoms with E-state index in [2.05, 4.69) is 0 Å². The first-order valence-electron chi connectivity index (χ1n) is 5.95. The van der Waals surface area contributed by atoms with Gasteiger partial charge in [-0.2, -0.15) is 0 Å². The summed E-state index contributed by atoms with van der Waals surface area (Å²) in [5, 5.41) is 10.5. The van der Waals surface area contributed by atoms with E-state index in [0.29, 0.717) is 12.1 Å². The van der Waals surface area contributed by atoms with Crippen LogP contribution in [0.2, 0.25) is 0 Å². The Bertz CT molecular complexity index is 437. The van der Waals surface area contributed by atoms with Crippen LogP contribution < -0.4 is 5.73 Å². The van der Waals surface area contributed by atoms with Crippen LogP contribution in [0.5, 0.6) is 0 Å². The van der Waals surface area contributed by atoms with Gasteiger partial charge in [-0.25, -0.2) is 0 Å². The van der Waals surface area contributed by atoms with Crippen molar-refractivity contribution in [1.82, 2.24) is 0 Å². The van der Waals surface area contributed by atoms with Crippen molar-refractivity contribution in [1.29, 1.82) is 0 Å². The summed E-state index contributed by atoms with van der Waals surface area (Å²) in [7, 11) is 0. The molecular weight excluding hydrogens is 228 g/mol. The van der Waals surface area contributed by atoms with Crippen LogP contribution in [0, 0.1) is 10.1 Å². The van der Waals surface area contributed by atoms with E-state index >= 15 is 0 Å². The third-order valence-corrected chi connectivity index (χ3v) is 2.19. The summed E-state index contributed by atoms with van der Waals surface area (Å²) in [6.07, 6.45) is 5.29. The van der Waals surface area contributed by atoms with E-state index < -0.39 is 4.92 Å². The Balaban J connectivity index is 0.00000137. The van der Waals surface area contributed by atoms with E-state index in [4.69, 9.17) is 5.73 Å². The van der Waals surface area contributed by atoms with Gasteiger partial charge in [0.2, 0.25) is 0 Å². The van der Waals surface area contributed by atoms with Gasteiger partial charge in [0.15, 0.2) is 0 Å². The first-order valence-corrected chi connectivity index (χ1v) is 5.95. The average molecular weight is 248 g/mol. The monoisotopic (exact) mass is 248 g/mol. The van der Waals surface area contributed by atoms with Crippen molar-refractivity contribution in [2.75, 3.05) is 5.73 Å². The zero-order valence-corrected chi connectivity index (χ0v) is 11.1. The van der Waals surface area contributed by atoms with Crippen molar-refractivity contribution in [2.45, 2.75) is 27.2 Å². The molecule has 0 heterocycles. The summed E-state index contributed by atoms with van der Waals surface area (Å²) in [4.78, 5) is 10.1. The topological polar surface area (TPSA) is 69.2 Å². The molecule has 1 rings (SSSR count). The lowest BCUT2D eigenvalue weighted by Crippen LogP contribution is -1.95. The average Bonchev–Trinajstić information content (AvgIpc) is 2.38. The number of rotatable bonds is 4. The van der Waals surface area contributed by atoms with Crippen LogP contribution in [0.4, 0.5) is 5.69 Å². The quantitative estimate of drug-likeness (QED) is 0.383. The number of nitro groups is 1. The van der Waals surface area contributed by atoms with E-state index in [1.165, 1.54) is 12.2 Å². The molecule has 1 aromatic rings. The summed E-state index contributed by atoms with van der Waals surface area (Å²) in [5.41, 5.74) is 7.51. The largest absolute Gasteiger partial charge is 0.398 e. The Morgan fingerprint density at radius 1 is 1.39 bits per heavy atom. The molecule has 98 valence electrons. The molecule has 0 bridgehead atoms. The number of nitrogens with two attached hydrogens (primary N) is 1. The summed E-state index contributed by atoms with van der Waals surface area (Å²) in [6.45, 7) is 5.64. The van der Waals surface area contributed by atoms with Gasteiger partial charge in [-0.1, -0.05) is 38.1 Å². The molecule has 0 saturated carbocycles. The molecule has 0 spiro atoms. The zero-order chi connectivity index (χ0) is 14.0. The van der Waals surface area contributed by atoms with E-state index in [-0.39, 0.29) is 5.70 Å². The van der Waals surface area contributed by atoms with Crippen molar-refractivity contribution in [3.63, 3.8) is 0 Å². The molecule has 4 nitrogen and oxygen atoms in total. The van der Waals surface area contributed by atoms with Crippen LogP contribution in [-0.2, 0) is 6.42 Å². The van der Waals surface area contributed by atoms with Crippen LogP contribution in [0.3, 0.4) is 0 Å². The Morgan fingerprint density at radius 3 is 2.50 bits per heavy atom. The lowest BCUT2D eigenvalue weighted by Gasteiger charge is -2.00. The number of hydrogen-bond donors (Lipinski definition) is 1. The molecule has 0 fully saturated rings. The highest BCUT2D eigenvalue weighted by molar-refractivity contribution is 5.47. The molecule has 0 aromatic heterocycles. The maximum Gasteiger partial charge on any atom is 0.264 e. The second-order valence-corrected chi connectivity index (χ2v) is 3.28. The van der Waals surface area contributed by atoms with Crippen LogP contribution >= 0.6 is 0 Å². The number of nitrogen functional groups attached to an aromatic ring is 1. The Labute approximate surface area is 108 Å². The minimum atomic E-state index is -0.412. The van der Waals surface area contributed by atoms with Gasteiger partial charge in [0, 0.05) is 11.8 Å². The van der Waals surface area contributed by atoms with E-state index in [1.54, 1.807) is 13.0 Å². The SMILES string of the molecule is C/C=C(\C=C/Cc1ccccc1N)[N+](=O)[O-].CC. The van der Waals surface area contributed by atoms with Gasteiger partial charge in [0.05, 0.1) is 4.92 Å². The first-order chi connectivity index (χ1) is 8.65. The molecule has 1 aromatic carbocycles. The second-order valence-electron chi connectivity index (χ2n) is 3.28. The maximum atomic E-state index is 10.5. The molecular formula is C14H20N2O2. The van der Waals surface area contributed by atoms with Crippen LogP contribution in [-0.4, -0.2) is 4.92 Å². The number of anilines is 1. The lowest BCUT2D eigenvalue weighted by molar-refractivity contribution is -0.419. The van der Waals surface area contributed by atoms with E-state index in [0.717, 1.165) is 5.56 Å². The predicted molar refractivity (Wildman–Crippen MR) is 75.8 cm³/mol. The number of benzene rings is 1. The molecule has 0 aliphatic carbocycles. The summed E-state index contributed by atoms with van der Waals surface area (Å²) >= 11 is 0. The zero-order valence-electron chi connectivity index (χ0n) is 11.1. The van der Waals surface area contributed by atoms with Gasteiger partial charge in [0.25, 0.3) is 5.70 Å². The molecule has 4 heteroatoms. The number of para-hydroxylation sites is 1. The summed E-state index contributed by atoms with van der Waals surface area (Å²) < 4.78 is 0. The van der Waals surface area contributed by atoms with Crippen molar-refractivity contribution < 1.29 is 4.92 Å². The highest BCUT2D eigenvalue weighted by Crippen LogP contribution is 2.11. The molecule has 0 unspecified atom stereocenters. The van der Waals surface area contributed by atoms with Crippen molar-refractivity contribution >= 4 is 5.69 Å². The van der Waals surface area contributed by atoms with Crippen LogP contribution in [0.25, 0.3) is 0 Å². The number of hydrogen-bond acceptors (Lipinski definition) is 3. The fourth-order valence-electron chi connectivity index (χ4n) is 1.29. The van der Waals surface area contributed by atoms with E-state index in [9.17, 15) is 10.1 Å². The lowest BCUT2D eigenvalue weighted by atomic mass is 10.1. The first kappa shape index (κ1) is 15.9. The van der Waals surface area contributed by atoms with Gasteiger partial charge in [-0.15, -0.1) is 0 Å². The van der Waals surface area contributed by atoms with Gasteiger partial charge in [-0.3, -0.25) is 10.1 Å². The Hall–Kier alpha value is -2.10. The van der Waals surface area contributed by atoms with Crippen molar-refractivity contribution in [3.8, 4) is 0 Å². The number of allylic oxidation sites excluding steroid dienone is 3. The Kier molecular flexibility index (Phi) is 7.94. The van der Waals surface area contributed by atoms with Crippen LogP contribution in [0.1, 0.15) is 26.3 Å². The van der Waals surface area contributed by atoms with Gasteiger partial charge in [0.1, 0.15) is 0 Å². The smallest absolute Gasteiger partial charge is 0.264 e. The summed E-state index contributed by atoms with van der Waals surface area (Å²) in [6, 6.07) is 7.47. The third kappa shape index (κ3) is 5.30. The predicted octanol–water partition coefficient (Wildman–Crippen LogP) is 3.57. The maximum absolute atomic E-state index is 10.5. The highest BCUT2D eigenvalue weighted by atomic mass is 16.6. The molecule has 0 amide bonds. The Morgan fingerprint density at radius 2 is 2.00 bits per heavy atom. The van der Waals surface area contributed by atoms with Gasteiger partial charge < -0.3 is 5.73 Å². The molecule has 0 aliphatic heterocycles. The summed E-state index contributed by atoms with van der Waals surface area (Å²) in [5.74, 6) is 0. The molecule has 0 radical (unpaired) electrons. The second kappa shape index (κ2) is 8.98. The third-order valence-electron chi connectivity index (χ3n) is 2.19. The molecule has 2 N–H and O–H groups in total. The minimum Gasteiger partial charge on any atom is -0.398 e. The van der Waals surface area contributed by atoms with Gasteiger partial charge in [-0.05, 0) is 31.1 Å². The molecule has 0 saturated heterocycles. The molecule has 0 atom stereocenters. The normalized spacial score (nSPS) is 10.9. The fourth-order valence-corrected chi connectivity index (χ4v) is 1.29. The number of nitrogens with zero attached hydrogens (tertiary/aromatic N) is 1. The molecule has 18 heavy (non-hydrogen) atoms. The van der Waals surface area contributed by atoms with Crippen molar-refractivity contribution in [2.24, 2.45) is 0 Å². The minimum absolute atomic E-state index is 0.0921. The van der Waals surface area contributed by atoms with Gasteiger partial charge >= 0.3 is 0 Å². The van der Waals surface area contributed by atoms with Crippen molar-refractivity contribution in [3.05, 3.63) is 63.9 Å². The fraction of sp³-hybridized carbons (Fsp3) is 0.286. The standard InChI is InChI=1S/C12H14N2O2.C2H6/c1-2-11(14(15)16)8-5-7-10-6-3-4-9-12(10)13;1-2/h2-6,8-9H,7,13H2,1H3;1-2H3/b8-5-,11-2+;.